The lowest BCUT2D eigenvalue weighted by atomic mass is 10.0. The number of carboxylic acid groups (broad SMARTS) is 1. The lowest BCUT2D eigenvalue weighted by Crippen LogP contribution is -2.40. The number of sulfonamides is 1. The second-order valence-corrected chi connectivity index (χ2v) is 8.51. The molecule has 0 radical (unpaired) electrons. The summed E-state index contributed by atoms with van der Waals surface area (Å²) in [5, 5.41) is 9.46. The van der Waals surface area contributed by atoms with Crippen molar-refractivity contribution < 1.29 is 27.8 Å². The first-order chi connectivity index (χ1) is 13.3. The highest BCUT2D eigenvalue weighted by atomic mass is 32.2. The second kappa shape index (κ2) is 8.40. The summed E-state index contributed by atoms with van der Waals surface area (Å²) in [6, 6.07) is 11.6. The average Bonchev–Trinajstić information content (AvgIpc) is 2.73. The Morgan fingerprint density at radius 3 is 2.32 bits per heavy atom. The second-order valence-electron chi connectivity index (χ2n) is 6.57. The van der Waals surface area contributed by atoms with Crippen LogP contribution in [0.15, 0.2) is 47.4 Å². The Hall–Kier alpha value is -2.26. The molecule has 1 saturated heterocycles. The first kappa shape index (κ1) is 20.5. The van der Waals surface area contributed by atoms with Crippen molar-refractivity contribution in [1.82, 2.24) is 4.31 Å². The predicted octanol–water partition coefficient (Wildman–Crippen LogP) is 2.78. The Kier molecular flexibility index (Phi) is 6.14. The van der Waals surface area contributed by atoms with Crippen LogP contribution in [0.5, 0.6) is 0 Å². The maximum atomic E-state index is 13.0. The fourth-order valence-corrected chi connectivity index (χ4v) is 4.54. The molecule has 1 N–H and O–H groups in total. The van der Waals surface area contributed by atoms with E-state index in [0.29, 0.717) is 18.8 Å². The summed E-state index contributed by atoms with van der Waals surface area (Å²) in [7, 11) is -2.18. The van der Waals surface area contributed by atoms with Crippen LogP contribution in [0.2, 0.25) is 0 Å². The van der Waals surface area contributed by atoms with Gasteiger partial charge >= 0.3 is 5.97 Å². The fourth-order valence-electron chi connectivity index (χ4n) is 3.06. The van der Waals surface area contributed by atoms with Gasteiger partial charge in [-0.25, -0.2) is 13.2 Å². The smallest absolute Gasteiger partial charge is 0.335 e. The molecule has 1 aliphatic heterocycles. The van der Waals surface area contributed by atoms with E-state index in [1.54, 1.807) is 7.11 Å². The van der Waals surface area contributed by atoms with Crippen LogP contribution in [0.1, 0.15) is 28.9 Å². The van der Waals surface area contributed by atoms with Crippen LogP contribution < -0.4 is 0 Å². The van der Waals surface area contributed by atoms with Gasteiger partial charge in [-0.2, -0.15) is 4.31 Å². The number of carboxylic acids is 1. The molecule has 0 bridgehead atoms. The van der Waals surface area contributed by atoms with Gasteiger partial charge in [0.1, 0.15) is 0 Å². The van der Waals surface area contributed by atoms with Crippen LogP contribution in [-0.4, -0.2) is 57.2 Å². The van der Waals surface area contributed by atoms with E-state index < -0.39 is 16.0 Å². The number of nitrogens with zero attached hydrogens (tertiary/aromatic N) is 1. The van der Waals surface area contributed by atoms with Gasteiger partial charge in [0.05, 0.1) is 29.8 Å². The molecule has 0 aromatic heterocycles. The SMILES string of the molecule is CO[C@@H](C)c1ccc(-c2cc(C(=O)O)cc(S(=O)(=O)N3CCOCC3)c2)cc1. The lowest BCUT2D eigenvalue weighted by Gasteiger charge is -2.26. The molecule has 1 fully saturated rings. The van der Waals surface area contributed by atoms with E-state index in [4.69, 9.17) is 9.47 Å². The van der Waals surface area contributed by atoms with Crippen molar-refractivity contribution in [2.24, 2.45) is 0 Å². The molecule has 3 rings (SSSR count). The van der Waals surface area contributed by atoms with E-state index in [0.717, 1.165) is 11.1 Å². The molecule has 7 nitrogen and oxygen atoms in total. The highest BCUT2D eigenvalue weighted by Crippen LogP contribution is 2.28. The molecule has 150 valence electrons. The van der Waals surface area contributed by atoms with E-state index in [1.165, 1.54) is 22.5 Å². The van der Waals surface area contributed by atoms with Gasteiger partial charge in [0, 0.05) is 20.2 Å². The number of hydrogen-bond acceptors (Lipinski definition) is 5. The zero-order valence-corrected chi connectivity index (χ0v) is 16.6. The number of methoxy groups -OCH3 is 1. The number of carbonyl (C=O) groups is 1. The van der Waals surface area contributed by atoms with Gasteiger partial charge in [-0.05, 0) is 41.8 Å². The molecule has 1 atom stereocenters. The Bertz CT molecular complexity index is 949. The number of benzene rings is 2. The van der Waals surface area contributed by atoms with Crippen molar-refractivity contribution in [3.63, 3.8) is 0 Å². The molecular weight excluding hydrogens is 382 g/mol. The van der Waals surface area contributed by atoms with E-state index in [1.807, 2.05) is 31.2 Å². The molecule has 1 heterocycles. The monoisotopic (exact) mass is 405 g/mol. The molecule has 0 saturated carbocycles. The Labute approximate surface area is 164 Å². The van der Waals surface area contributed by atoms with Crippen molar-refractivity contribution in [2.75, 3.05) is 33.4 Å². The quantitative estimate of drug-likeness (QED) is 0.794. The molecule has 1 aliphatic rings. The van der Waals surface area contributed by atoms with Gasteiger partial charge in [-0.1, -0.05) is 24.3 Å². The minimum Gasteiger partial charge on any atom is -0.478 e. The normalized spacial score (nSPS) is 16.6. The highest BCUT2D eigenvalue weighted by Gasteiger charge is 2.27. The Morgan fingerprint density at radius 2 is 1.75 bits per heavy atom. The average molecular weight is 405 g/mol. The Morgan fingerprint density at radius 1 is 1.11 bits per heavy atom. The molecule has 28 heavy (non-hydrogen) atoms. The van der Waals surface area contributed by atoms with Crippen molar-refractivity contribution in [3.05, 3.63) is 53.6 Å². The number of morpholine rings is 1. The lowest BCUT2D eigenvalue weighted by molar-refractivity contribution is 0.0696. The summed E-state index contributed by atoms with van der Waals surface area (Å²) < 4.78 is 37.8. The summed E-state index contributed by atoms with van der Waals surface area (Å²) in [4.78, 5) is 11.5. The van der Waals surface area contributed by atoms with E-state index in [-0.39, 0.29) is 29.7 Å². The molecule has 0 aliphatic carbocycles. The van der Waals surface area contributed by atoms with Crippen LogP contribution in [0, 0.1) is 0 Å². The first-order valence-electron chi connectivity index (χ1n) is 8.92. The number of hydrogen-bond donors (Lipinski definition) is 1. The fraction of sp³-hybridized carbons (Fsp3) is 0.350. The summed E-state index contributed by atoms with van der Waals surface area (Å²) >= 11 is 0. The largest absolute Gasteiger partial charge is 0.478 e. The predicted molar refractivity (Wildman–Crippen MR) is 104 cm³/mol. The zero-order chi connectivity index (χ0) is 20.3. The van der Waals surface area contributed by atoms with Crippen LogP contribution >= 0.6 is 0 Å². The van der Waals surface area contributed by atoms with Gasteiger partial charge < -0.3 is 14.6 Å². The number of rotatable bonds is 6. The third-order valence-electron chi connectivity index (χ3n) is 4.83. The standard InChI is InChI=1S/C20H23NO6S/c1-14(26-2)15-3-5-16(6-4-15)17-11-18(20(22)23)13-19(12-17)28(24,25)21-7-9-27-10-8-21/h3-6,11-14H,7-10H2,1-2H3,(H,22,23)/t14-/m0/s1. The van der Waals surface area contributed by atoms with E-state index >= 15 is 0 Å². The minimum atomic E-state index is -3.80. The van der Waals surface area contributed by atoms with E-state index in [2.05, 4.69) is 0 Å². The minimum absolute atomic E-state index is 0.0290. The molecule has 2 aromatic carbocycles. The third-order valence-corrected chi connectivity index (χ3v) is 6.70. The maximum absolute atomic E-state index is 13.0. The zero-order valence-electron chi connectivity index (χ0n) is 15.8. The molecule has 8 heteroatoms. The van der Waals surface area contributed by atoms with Gasteiger partial charge in [0.15, 0.2) is 0 Å². The summed E-state index contributed by atoms with van der Waals surface area (Å²) in [5.74, 6) is -1.18. The summed E-state index contributed by atoms with van der Waals surface area (Å²) in [6.45, 7) is 3.07. The van der Waals surface area contributed by atoms with Crippen LogP contribution in [-0.2, 0) is 19.5 Å². The van der Waals surface area contributed by atoms with Crippen LogP contribution in [0.25, 0.3) is 11.1 Å². The van der Waals surface area contributed by atoms with Crippen LogP contribution in [0.3, 0.4) is 0 Å². The van der Waals surface area contributed by atoms with Gasteiger partial charge in [-0.15, -0.1) is 0 Å². The molecular formula is C20H23NO6S. The molecule has 0 unspecified atom stereocenters. The molecule has 0 spiro atoms. The number of ether oxygens (including phenoxy) is 2. The van der Waals surface area contributed by atoms with Crippen LogP contribution in [0.4, 0.5) is 0 Å². The third kappa shape index (κ3) is 4.25. The number of aromatic carboxylic acids is 1. The van der Waals surface area contributed by atoms with Gasteiger partial charge in [0.2, 0.25) is 10.0 Å². The summed E-state index contributed by atoms with van der Waals surface area (Å²) in [5.41, 5.74) is 2.16. The van der Waals surface area contributed by atoms with Gasteiger partial charge in [0.25, 0.3) is 0 Å². The molecule has 2 aromatic rings. The summed E-state index contributed by atoms with van der Waals surface area (Å²) in [6.07, 6.45) is -0.0725. The van der Waals surface area contributed by atoms with Crippen molar-refractivity contribution >= 4 is 16.0 Å². The molecule has 0 amide bonds. The topological polar surface area (TPSA) is 93.1 Å². The maximum Gasteiger partial charge on any atom is 0.335 e. The van der Waals surface area contributed by atoms with E-state index in [9.17, 15) is 18.3 Å². The Balaban J connectivity index is 2.04. The van der Waals surface area contributed by atoms with Crippen molar-refractivity contribution in [3.8, 4) is 11.1 Å². The first-order valence-corrected chi connectivity index (χ1v) is 10.4. The van der Waals surface area contributed by atoms with Gasteiger partial charge in [-0.3, -0.25) is 0 Å². The highest BCUT2D eigenvalue weighted by molar-refractivity contribution is 7.89. The van der Waals surface area contributed by atoms with Crippen molar-refractivity contribution in [2.45, 2.75) is 17.9 Å². The van der Waals surface area contributed by atoms with Crippen molar-refractivity contribution in [1.29, 1.82) is 0 Å².